The molecule has 1 aliphatic carbocycles. The van der Waals surface area contributed by atoms with Gasteiger partial charge in [-0.3, -0.25) is 4.79 Å². The average Bonchev–Trinajstić information content (AvgIpc) is 2.71. The molecule has 28 heavy (non-hydrogen) atoms. The number of hydrogen-bond donors (Lipinski definition) is 1. The highest BCUT2D eigenvalue weighted by atomic mass is 16.5. The minimum Gasteiger partial charge on any atom is -0.380 e. The number of ether oxygens (including phenoxy) is 1. The van der Waals surface area contributed by atoms with Gasteiger partial charge in [0.15, 0.2) is 0 Å². The highest BCUT2D eigenvalue weighted by molar-refractivity contribution is 6.02. The molecule has 2 heterocycles. The van der Waals surface area contributed by atoms with Crippen LogP contribution in [0, 0.1) is 12.8 Å². The van der Waals surface area contributed by atoms with E-state index in [0.717, 1.165) is 36.5 Å². The second kappa shape index (κ2) is 8.31. The summed E-state index contributed by atoms with van der Waals surface area (Å²) in [6.07, 6.45) is 6.07. The van der Waals surface area contributed by atoms with Gasteiger partial charge < -0.3 is 15.0 Å². The molecule has 0 radical (unpaired) electrons. The highest BCUT2D eigenvalue weighted by Gasteiger charge is 2.38. The Morgan fingerprint density at radius 3 is 2.64 bits per heavy atom. The van der Waals surface area contributed by atoms with Gasteiger partial charge in [0.1, 0.15) is 12.0 Å². The Morgan fingerprint density at radius 2 is 1.93 bits per heavy atom. The van der Waals surface area contributed by atoms with Crippen LogP contribution in [0.4, 0.5) is 5.82 Å². The second-order valence-electron chi connectivity index (χ2n) is 7.98. The van der Waals surface area contributed by atoms with Crippen molar-refractivity contribution in [3.63, 3.8) is 0 Å². The molecule has 1 aromatic carbocycles. The predicted molar refractivity (Wildman–Crippen MR) is 110 cm³/mol. The van der Waals surface area contributed by atoms with Crippen LogP contribution in [0.15, 0.2) is 36.4 Å². The van der Waals surface area contributed by atoms with Gasteiger partial charge in [0.05, 0.1) is 12.2 Å². The third-order valence-corrected chi connectivity index (χ3v) is 5.92. The van der Waals surface area contributed by atoms with Crippen LogP contribution in [0.1, 0.15) is 59.3 Å². The number of fused-ring (bicyclic) bond motifs is 1. The first-order valence-electron chi connectivity index (χ1n) is 10.3. The molecule has 5 heteroatoms. The number of amides is 1. The fourth-order valence-corrected chi connectivity index (χ4v) is 4.64. The van der Waals surface area contributed by atoms with E-state index in [-0.39, 0.29) is 12.1 Å². The van der Waals surface area contributed by atoms with Gasteiger partial charge >= 0.3 is 0 Å². The molecule has 1 atom stereocenters. The Balaban J connectivity index is 1.78. The monoisotopic (exact) mass is 379 g/mol. The number of anilines is 1. The van der Waals surface area contributed by atoms with Crippen molar-refractivity contribution in [2.24, 2.45) is 5.92 Å². The normalized spacial score (nSPS) is 20.0. The quantitative estimate of drug-likeness (QED) is 0.846. The third-order valence-electron chi connectivity index (χ3n) is 5.92. The molecule has 1 amide bonds. The van der Waals surface area contributed by atoms with Crippen LogP contribution in [0.5, 0.6) is 0 Å². The van der Waals surface area contributed by atoms with Gasteiger partial charge in [0, 0.05) is 19.3 Å². The van der Waals surface area contributed by atoms with Crippen LogP contribution in [0.2, 0.25) is 0 Å². The maximum Gasteiger partial charge on any atom is 0.257 e. The smallest absolute Gasteiger partial charge is 0.257 e. The summed E-state index contributed by atoms with van der Waals surface area (Å²) in [7, 11) is 1.66. The zero-order valence-corrected chi connectivity index (χ0v) is 16.8. The highest BCUT2D eigenvalue weighted by Crippen LogP contribution is 2.36. The van der Waals surface area contributed by atoms with E-state index in [2.05, 4.69) is 34.5 Å². The Bertz CT molecular complexity index is 831. The first-order valence-corrected chi connectivity index (χ1v) is 10.3. The molecule has 1 aliphatic heterocycles. The summed E-state index contributed by atoms with van der Waals surface area (Å²) in [6, 6.07) is 12.4. The zero-order valence-electron chi connectivity index (χ0n) is 16.8. The average molecular weight is 380 g/mol. The van der Waals surface area contributed by atoms with Crippen molar-refractivity contribution in [2.45, 2.75) is 58.3 Å². The van der Waals surface area contributed by atoms with Gasteiger partial charge in [-0.15, -0.1) is 0 Å². The van der Waals surface area contributed by atoms with E-state index in [1.807, 2.05) is 19.1 Å². The molecule has 148 valence electrons. The fraction of sp³-hybridized carbons (Fsp3) is 0.478. The molecular weight excluding hydrogens is 350 g/mol. The summed E-state index contributed by atoms with van der Waals surface area (Å²) in [5.41, 5.74) is 3.71. The molecule has 0 spiro atoms. The number of hydrogen-bond acceptors (Lipinski definition) is 4. The van der Waals surface area contributed by atoms with Crippen molar-refractivity contribution in [1.82, 2.24) is 10.3 Å². The van der Waals surface area contributed by atoms with Crippen LogP contribution < -0.4 is 10.2 Å². The van der Waals surface area contributed by atoms with E-state index in [1.54, 1.807) is 7.11 Å². The maximum absolute atomic E-state index is 13.1. The van der Waals surface area contributed by atoms with Crippen LogP contribution >= 0.6 is 0 Å². The summed E-state index contributed by atoms with van der Waals surface area (Å²) < 4.78 is 5.37. The van der Waals surface area contributed by atoms with Crippen molar-refractivity contribution in [1.29, 1.82) is 0 Å². The molecule has 1 N–H and O–H groups in total. The number of nitrogens with one attached hydrogen (secondary N) is 1. The van der Waals surface area contributed by atoms with Crippen molar-refractivity contribution >= 4 is 11.7 Å². The summed E-state index contributed by atoms with van der Waals surface area (Å²) in [6.45, 7) is 3.13. The lowest BCUT2D eigenvalue weighted by Gasteiger charge is -2.43. The van der Waals surface area contributed by atoms with Crippen LogP contribution in [-0.2, 0) is 17.9 Å². The SMILES string of the molecule is COCc1cc(C)nc2c1C(=O)N[C@H](C1CCCCC1)N2Cc1ccccc1. The molecule has 0 unspecified atom stereocenters. The van der Waals surface area contributed by atoms with Gasteiger partial charge in [-0.2, -0.15) is 0 Å². The van der Waals surface area contributed by atoms with Gasteiger partial charge in [0.25, 0.3) is 5.91 Å². The first-order chi connectivity index (χ1) is 13.7. The van der Waals surface area contributed by atoms with E-state index in [0.29, 0.717) is 18.1 Å². The van der Waals surface area contributed by atoms with Gasteiger partial charge in [-0.05, 0) is 42.9 Å². The molecule has 0 saturated heterocycles. The number of methoxy groups -OCH3 is 1. The van der Waals surface area contributed by atoms with Crippen molar-refractivity contribution < 1.29 is 9.53 Å². The zero-order chi connectivity index (χ0) is 19.5. The summed E-state index contributed by atoms with van der Waals surface area (Å²) in [5.74, 6) is 1.24. The lowest BCUT2D eigenvalue weighted by molar-refractivity contribution is 0.0890. The van der Waals surface area contributed by atoms with Gasteiger partial charge in [-0.25, -0.2) is 4.98 Å². The third kappa shape index (κ3) is 3.76. The number of carbonyl (C=O) groups is 1. The second-order valence-corrected chi connectivity index (χ2v) is 7.98. The topological polar surface area (TPSA) is 54.5 Å². The lowest BCUT2D eigenvalue weighted by Crippen LogP contribution is -2.57. The lowest BCUT2D eigenvalue weighted by atomic mass is 9.85. The van der Waals surface area contributed by atoms with E-state index in [9.17, 15) is 4.79 Å². The van der Waals surface area contributed by atoms with E-state index in [1.165, 1.54) is 24.8 Å². The number of aryl methyl sites for hydroxylation is 1. The number of nitrogens with zero attached hydrogens (tertiary/aromatic N) is 2. The Kier molecular flexibility index (Phi) is 5.62. The Morgan fingerprint density at radius 1 is 1.18 bits per heavy atom. The minimum atomic E-state index is -0.0190. The van der Waals surface area contributed by atoms with Gasteiger partial charge in [-0.1, -0.05) is 49.6 Å². The Hall–Kier alpha value is -2.40. The molecule has 5 nitrogen and oxygen atoms in total. The van der Waals surface area contributed by atoms with E-state index in [4.69, 9.17) is 9.72 Å². The van der Waals surface area contributed by atoms with Crippen LogP contribution in [0.25, 0.3) is 0 Å². The fourth-order valence-electron chi connectivity index (χ4n) is 4.64. The number of pyridine rings is 1. The van der Waals surface area contributed by atoms with Gasteiger partial charge in [0.2, 0.25) is 0 Å². The first kappa shape index (κ1) is 18.9. The van der Waals surface area contributed by atoms with Crippen molar-refractivity contribution in [3.8, 4) is 0 Å². The Labute approximate surface area is 167 Å². The summed E-state index contributed by atoms with van der Waals surface area (Å²) >= 11 is 0. The molecule has 1 fully saturated rings. The molecular formula is C23H29N3O2. The van der Waals surface area contributed by atoms with Crippen LogP contribution in [-0.4, -0.2) is 24.2 Å². The number of benzene rings is 1. The minimum absolute atomic E-state index is 0.00907. The molecule has 4 rings (SSSR count). The summed E-state index contributed by atoms with van der Waals surface area (Å²) in [5, 5.41) is 3.32. The molecule has 2 aromatic rings. The molecule has 1 aromatic heterocycles. The van der Waals surface area contributed by atoms with E-state index < -0.39 is 0 Å². The number of carbonyl (C=O) groups excluding carboxylic acids is 1. The van der Waals surface area contributed by atoms with Crippen LogP contribution in [0.3, 0.4) is 0 Å². The largest absolute Gasteiger partial charge is 0.380 e. The molecule has 1 saturated carbocycles. The molecule has 2 aliphatic rings. The summed E-state index contributed by atoms with van der Waals surface area (Å²) in [4.78, 5) is 20.3. The van der Waals surface area contributed by atoms with Crippen molar-refractivity contribution in [2.75, 3.05) is 12.0 Å². The standard InChI is InChI=1S/C23H29N3O2/c1-16-13-19(15-28-2)20-22(24-16)26(14-17-9-5-3-6-10-17)21(25-23(20)27)18-11-7-4-8-12-18/h3,5-6,9-10,13,18,21H,4,7-8,11-12,14-15H2,1-2H3,(H,25,27)/t21-/m0/s1. The number of rotatable bonds is 5. The number of aromatic nitrogens is 1. The van der Waals surface area contributed by atoms with Crippen molar-refractivity contribution in [3.05, 3.63) is 58.8 Å². The van der Waals surface area contributed by atoms with E-state index >= 15 is 0 Å². The maximum atomic E-state index is 13.1. The molecule has 0 bridgehead atoms. The predicted octanol–water partition coefficient (Wildman–Crippen LogP) is 4.19.